The van der Waals surface area contributed by atoms with E-state index in [1.54, 1.807) is 27.7 Å². The second-order valence-electron chi connectivity index (χ2n) is 8.54. The topological polar surface area (TPSA) is 52.2 Å². The molecule has 3 heterocycles. The molecule has 0 saturated carbocycles. The summed E-state index contributed by atoms with van der Waals surface area (Å²) in [5, 5.41) is 10.8. The molecule has 0 aliphatic heterocycles. The van der Waals surface area contributed by atoms with Gasteiger partial charge in [0.2, 0.25) is 5.78 Å². The van der Waals surface area contributed by atoms with E-state index < -0.39 is 0 Å². The molecule has 156 valence electrons. The van der Waals surface area contributed by atoms with Gasteiger partial charge in [-0.15, -0.1) is 21.5 Å². The van der Waals surface area contributed by atoms with Crippen LogP contribution in [0.2, 0.25) is 0 Å². The smallest absolute Gasteiger partial charge is 0.268 e. The second-order valence-corrected chi connectivity index (χ2v) is 10.7. The maximum atomic E-state index is 13.8. The first-order chi connectivity index (χ1) is 14.6. The molecule has 0 spiro atoms. The molecule has 0 radical (unpaired) electrons. The van der Waals surface area contributed by atoms with E-state index in [9.17, 15) is 4.79 Å². The van der Waals surface area contributed by atoms with Crippen LogP contribution in [-0.2, 0) is 6.42 Å². The van der Waals surface area contributed by atoms with Gasteiger partial charge in [-0.25, -0.2) is 8.97 Å². The molecule has 1 atom stereocenters. The van der Waals surface area contributed by atoms with Crippen LogP contribution in [-0.4, -0.2) is 24.9 Å². The quantitative estimate of drug-likeness (QED) is 0.377. The second kappa shape index (κ2) is 7.85. The lowest BCUT2D eigenvalue weighted by Gasteiger charge is -2.18. The molecule has 1 aromatic carbocycles. The van der Waals surface area contributed by atoms with E-state index in [4.69, 9.17) is 0 Å². The van der Waals surface area contributed by atoms with Crippen LogP contribution < -0.4 is 5.56 Å². The number of nitrogens with zero attached hydrogens (tertiary/aromatic N) is 4. The largest absolute Gasteiger partial charge is 0.268 e. The van der Waals surface area contributed by atoms with Gasteiger partial charge in [-0.05, 0) is 55.2 Å². The van der Waals surface area contributed by atoms with Crippen LogP contribution in [0, 0.1) is 5.92 Å². The number of para-hydroxylation sites is 1. The molecular weight excluding hydrogens is 412 g/mol. The molecule has 0 fully saturated rings. The molecule has 1 aliphatic carbocycles. The van der Waals surface area contributed by atoms with Crippen molar-refractivity contribution >= 4 is 39.1 Å². The minimum absolute atomic E-state index is 0.0288. The van der Waals surface area contributed by atoms with Crippen molar-refractivity contribution < 1.29 is 0 Å². The predicted molar refractivity (Wildman–Crippen MR) is 125 cm³/mol. The summed E-state index contributed by atoms with van der Waals surface area (Å²) in [7, 11) is 0. The summed E-state index contributed by atoms with van der Waals surface area (Å²) in [6, 6.07) is 9.83. The van der Waals surface area contributed by atoms with Gasteiger partial charge in [-0.1, -0.05) is 50.7 Å². The number of thiophene rings is 1. The van der Waals surface area contributed by atoms with Gasteiger partial charge in [0.1, 0.15) is 4.83 Å². The molecule has 7 heteroatoms. The third-order valence-corrected chi connectivity index (χ3v) is 8.13. The van der Waals surface area contributed by atoms with Crippen molar-refractivity contribution in [3.05, 3.63) is 51.1 Å². The maximum absolute atomic E-state index is 13.8. The molecule has 5 nitrogen and oxygen atoms in total. The number of thioether (sulfide) groups is 1. The zero-order valence-corrected chi connectivity index (χ0v) is 19.2. The lowest BCUT2D eigenvalue weighted by atomic mass is 9.88. The minimum Gasteiger partial charge on any atom is -0.268 e. The number of fused-ring (bicyclic) bond motifs is 5. The van der Waals surface area contributed by atoms with Crippen molar-refractivity contribution in [2.24, 2.45) is 5.92 Å². The minimum atomic E-state index is 0.0288. The molecule has 0 unspecified atom stereocenters. The Hall–Kier alpha value is -2.12. The van der Waals surface area contributed by atoms with Crippen molar-refractivity contribution in [3.63, 3.8) is 0 Å². The van der Waals surface area contributed by atoms with Gasteiger partial charge >= 0.3 is 0 Å². The molecule has 3 aromatic heterocycles. The molecule has 1 aliphatic rings. The molecule has 4 aromatic rings. The predicted octanol–water partition coefficient (Wildman–Crippen LogP) is 5.67. The number of benzene rings is 1. The summed E-state index contributed by atoms with van der Waals surface area (Å²) in [5.74, 6) is 2.66. The van der Waals surface area contributed by atoms with Crippen molar-refractivity contribution in [1.29, 1.82) is 0 Å². The lowest BCUT2D eigenvalue weighted by Crippen LogP contribution is -2.22. The van der Waals surface area contributed by atoms with Crippen LogP contribution in [0.4, 0.5) is 0 Å². The summed E-state index contributed by atoms with van der Waals surface area (Å²) in [5.41, 5.74) is 2.12. The highest BCUT2D eigenvalue weighted by Gasteiger charge is 2.28. The fourth-order valence-electron chi connectivity index (χ4n) is 4.34. The van der Waals surface area contributed by atoms with Crippen LogP contribution in [0.15, 0.2) is 40.3 Å². The van der Waals surface area contributed by atoms with E-state index in [0.29, 0.717) is 17.6 Å². The van der Waals surface area contributed by atoms with Gasteiger partial charge in [0.15, 0.2) is 5.16 Å². The first kappa shape index (κ1) is 19.8. The third-order valence-electron chi connectivity index (χ3n) is 5.91. The highest BCUT2D eigenvalue weighted by molar-refractivity contribution is 7.99. The fourth-order valence-corrected chi connectivity index (χ4v) is 7.02. The first-order valence-electron chi connectivity index (χ1n) is 10.7. The Morgan fingerprint density at radius 2 is 2.03 bits per heavy atom. The highest BCUT2D eigenvalue weighted by Crippen LogP contribution is 2.41. The Labute approximate surface area is 184 Å². The maximum Gasteiger partial charge on any atom is 0.268 e. The van der Waals surface area contributed by atoms with Crippen molar-refractivity contribution in [3.8, 4) is 5.69 Å². The van der Waals surface area contributed by atoms with Crippen molar-refractivity contribution in [2.45, 2.75) is 57.5 Å². The zero-order chi connectivity index (χ0) is 20.8. The normalized spacial score (nSPS) is 16.6. The van der Waals surface area contributed by atoms with Crippen LogP contribution in [0.1, 0.15) is 56.4 Å². The number of rotatable bonds is 5. The van der Waals surface area contributed by atoms with Crippen LogP contribution in [0.25, 0.3) is 21.7 Å². The van der Waals surface area contributed by atoms with Crippen molar-refractivity contribution in [1.82, 2.24) is 19.2 Å². The zero-order valence-electron chi connectivity index (χ0n) is 17.6. The Bertz CT molecular complexity index is 1270. The molecular formula is C23H26N4OS2. The van der Waals surface area contributed by atoms with Crippen LogP contribution in [0.5, 0.6) is 0 Å². The Balaban J connectivity index is 1.83. The van der Waals surface area contributed by atoms with Gasteiger partial charge in [-0.2, -0.15) is 0 Å². The molecule has 30 heavy (non-hydrogen) atoms. The third kappa shape index (κ3) is 3.19. The van der Waals surface area contributed by atoms with E-state index in [1.807, 2.05) is 30.3 Å². The summed E-state index contributed by atoms with van der Waals surface area (Å²) in [6.07, 6.45) is 4.51. The van der Waals surface area contributed by atoms with Gasteiger partial charge in [-0.3, -0.25) is 4.79 Å². The number of aromatic nitrogens is 4. The molecule has 0 N–H and O–H groups in total. The highest BCUT2D eigenvalue weighted by atomic mass is 32.2. The van der Waals surface area contributed by atoms with Gasteiger partial charge in [0.25, 0.3) is 5.56 Å². The van der Waals surface area contributed by atoms with Crippen LogP contribution >= 0.6 is 23.1 Å². The number of hydrogen-bond acceptors (Lipinski definition) is 5. The van der Waals surface area contributed by atoms with Gasteiger partial charge in [0.05, 0.1) is 11.1 Å². The van der Waals surface area contributed by atoms with E-state index >= 15 is 0 Å². The fraction of sp³-hybridized carbons (Fsp3) is 0.435. The number of aryl methyl sites for hydroxylation is 1. The van der Waals surface area contributed by atoms with E-state index in [0.717, 1.165) is 46.1 Å². The Morgan fingerprint density at radius 1 is 1.23 bits per heavy atom. The molecule has 0 bridgehead atoms. The molecule has 5 rings (SSSR count). The van der Waals surface area contributed by atoms with E-state index in [1.165, 1.54) is 16.9 Å². The average molecular weight is 439 g/mol. The Kier molecular flexibility index (Phi) is 5.19. The standard InChI is InChI=1S/C23H26N4OS2/c1-14(2)12-13-29-23-25-24-22-26(16-9-5-4-6-10-16)20(28)19-18-15(3)8-7-11-17(18)30-21(19)27(22)23/h4-6,9-10,14-15H,7-8,11-13H2,1-3H3/t15-/m1/s1. The summed E-state index contributed by atoms with van der Waals surface area (Å²) in [4.78, 5) is 16.2. The van der Waals surface area contributed by atoms with E-state index in [-0.39, 0.29) is 5.56 Å². The van der Waals surface area contributed by atoms with Gasteiger partial charge < -0.3 is 0 Å². The SMILES string of the molecule is CC(C)CCSc1nnc2n(-c3ccccc3)c(=O)c3c4c(sc3n12)CCC[C@H]4C. The van der Waals surface area contributed by atoms with Crippen LogP contribution in [0.3, 0.4) is 0 Å². The Morgan fingerprint density at radius 3 is 2.80 bits per heavy atom. The summed E-state index contributed by atoms with van der Waals surface area (Å²) >= 11 is 3.50. The monoisotopic (exact) mass is 438 g/mol. The summed E-state index contributed by atoms with van der Waals surface area (Å²) in [6.45, 7) is 6.73. The number of hydrogen-bond donors (Lipinski definition) is 0. The first-order valence-corrected chi connectivity index (χ1v) is 12.5. The van der Waals surface area contributed by atoms with Crippen molar-refractivity contribution in [2.75, 3.05) is 5.75 Å². The molecule has 0 amide bonds. The molecule has 0 saturated heterocycles. The lowest BCUT2D eigenvalue weighted by molar-refractivity contribution is 0.601. The summed E-state index contributed by atoms with van der Waals surface area (Å²) < 4.78 is 3.88. The van der Waals surface area contributed by atoms with Gasteiger partial charge in [0, 0.05) is 10.6 Å². The van der Waals surface area contributed by atoms with E-state index in [2.05, 4.69) is 35.4 Å². The average Bonchev–Trinajstić information content (AvgIpc) is 3.31.